The molecule has 0 spiro atoms. The van der Waals surface area contributed by atoms with Crippen molar-refractivity contribution in [3.63, 3.8) is 0 Å². The molecular weight excluding hydrogens is 365 g/mol. The molecule has 0 saturated carbocycles. The first-order valence-corrected chi connectivity index (χ1v) is 9.70. The molecule has 7 heteroatoms. The maximum absolute atomic E-state index is 13.8. The molecule has 0 unspecified atom stereocenters. The lowest BCUT2D eigenvalue weighted by Crippen LogP contribution is -2.28. The minimum Gasteiger partial charge on any atom is -0.341 e. The van der Waals surface area contributed by atoms with Gasteiger partial charge >= 0.3 is 0 Å². The van der Waals surface area contributed by atoms with Crippen LogP contribution in [0.3, 0.4) is 0 Å². The molecule has 2 aromatic rings. The Morgan fingerprint density at radius 2 is 1.80 bits per heavy atom. The number of amides is 1. The van der Waals surface area contributed by atoms with E-state index in [1.54, 1.807) is 18.2 Å². The van der Waals surface area contributed by atoms with Crippen LogP contribution in [-0.4, -0.2) is 32.0 Å². The molecule has 0 aromatic heterocycles. The number of rotatable bonds is 6. The molecule has 0 heterocycles. The number of aryl methyl sites for hydroxylation is 1. The first-order valence-electron chi connectivity index (χ1n) is 7.67. The Balaban J connectivity index is 2.00. The summed E-state index contributed by atoms with van der Waals surface area (Å²) < 4.78 is 38.4. The average Bonchev–Trinajstić information content (AvgIpc) is 2.56. The van der Waals surface area contributed by atoms with Gasteiger partial charge in [-0.25, -0.2) is 12.8 Å². The van der Waals surface area contributed by atoms with Crippen molar-refractivity contribution in [1.82, 2.24) is 4.90 Å². The fourth-order valence-corrected chi connectivity index (χ4v) is 3.74. The Morgan fingerprint density at radius 1 is 1.16 bits per heavy atom. The van der Waals surface area contributed by atoms with Gasteiger partial charge in [0.1, 0.15) is 5.82 Å². The summed E-state index contributed by atoms with van der Waals surface area (Å²) in [6, 6.07) is 10.8. The van der Waals surface area contributed by atoms with Gasteiger partial charge in [-0.05, 0) is 31.2 Å². The Bertz CT molecular complexity index is 846. The van der Waals surface area contributed by atoms with E-state index in [2.05, 4.69) is 0 Å². The van der Waals surface area contributed by atoms with Gasteiger partial charge in [0.05, 0.1) is 10.6 Å². The van der Waals surface area contributed by atoms with Crippen molar-refractivity contribution >= 4 is 27.3 Å². The van der Waals surface area contributed by atoms with Crippen LogP contribution < -0.4 is 0 Å². The number of benzene rings is 2. The van der Waals surface area contributed by atoms with Crippen LogP contribution in [0.4, 0.5) is 4.39 Å². The van der Waals surface area contributed by atoms with E-state index in [-0.39, 0.29) is 34.2 Å². The summed E-state index contributed by atoms with van der Waals surface area (Å²) in [5, 5.41) is 0.229. The Labute approximate surface area is 152 Å². The van der Waals surface area contributed by atoms with E-state index in [0.717, 1.165) is 5.56 Å². The second-order valence-corrected chi connectivity index (χ2v) is 8.35. The number of carbonyl (C=O) groups excluding carboxylic acids is 1. The molecule has 4 nitrogen and oxygen atoms in total. The van der Waals surface area contributed by atoms with E-state index in [1.165, 1.54) is 36.2 Å². The number of halogens is 2. The van der Waals surface area contributed by atoms with Crippen LogP contribution in [0.5, 0.6) is 0 Å². The summed E-state index contributed by atoms with van der Waals surface area (Å²) in [4.78, 5) is 13.7. The topological polar surface area (TPSA) is 54.5 Å². The number of carbonyl (C=O) groups is 1. The van der Waals surface area contributed by atoms with Crippen molar-refractivity contribution < 1.29 is 17.6 Å². The monoisotopic (exact) mass is 383 g/mol. The average molecular weight is 384 g/mol. The summed E-state index contributed by atoms with van der Waals surface area (Å²) in [6.07, 6.45) is -0.182. The fourth-order valence-electron chi connectivity index (χ4n) is 2.28. The zero-order chi connectivity index (χ0) is 18.6. The summed E-state index contributed by atoms with van der Waals surface area (Å²) in [7, 11) is -2.05. The van der Waals surface area contributed by atoms with Crippen molar-refractivity contribution in [1.29, 1.82) is 0 Å². The standard InChI is InChI=1S/C18H19ClFNO3S/c1-13-6-8-14(9-7-13)25(23,24)11-10-18(22)21(2)12-15-16(19)4-3-5-17(15)20/h3-9H,10-12H2,1-2H3. The number of sulfone groups is 1. The van der Waals surface area contributed by atoms with E-state index in [0.29, 0.717) is 0 Å². The zero-order valence-corrected chi connectivity index (χ0v) is 15.6. The highest BCUT2D eigenvalue weighted by molar-refractivity contribution is 7.91. The van der Waals surface area contributed by atoms with Crippen LogP contribution >= 0.6 is 11.6 Å². The first kappa shape index (κ1) is 19.4. The third-order valence-corrected chi connectivity index (χ3v) is 5.93. The maximum Gasteiger partial charge on any atom is 0.223 e. The van der Waals surface area contributed by atoms with Crippen molar-refractivity contribution in [2.75, 3.05) is 12.8 Å². The quantitative estimate of drug-likeness (QED) is 0.765. The Morgan fingerprint density at radius 3 is 2.40 bits per heavy atom. The Hall–Kier alpha value is -1.92. The lowest BCUT2D eigenvalue weighted by Gasteiger charge is -2.18. The molecule has 25 heavy (non-hydrogen) atoms. The van der Waals surface area contributed by atoms with Gasteiger partial charge in [-0.15, -0.1) is 0 Å². The van der Waals surface area contributed by atoms with Crippen LogP contribution in [0.25, 0.3) is 0 Å². The molecule has 0 radical (unpaired) electrons. The molecular formula is C18H19ClFNO3S. The Kier molecular flexibility index (Phi) is 6.19. The van der Waals surface area contributed by atoms with Gasteiger partial charge in [-0.2, -0.15) is 0 Å². The third kappa shape index (κ3) is 5.03. The number of hydrogen-bond donors (Lipinski definition) is 0. The van der Waals surface area contributed by atoms with Crippen molar-refractivity contribution in [3.05, 3.63) is 64.4 Å². The summed E-state index contributed by atoms with van der Waals surface area (Å²) in [6.45, 7) is 1.84. The van der Waals surface area contributed by atoms with Gasteiger partial charge < -0.3 is 4.90 Å². The van der Waals surface area contributed by atoms with Crippen LogP contribution in [0.15, 0.2) is 47.4 Å². The second kappa shape index (κ2) is 7.97. The molecule has 2 rings (SSSR count). The molecule has 0 fully saturated rings. The van der Waals surface area contributed by atoms with E-state index >= 15 is 0 Å². The maximum atomic E-state index is 13.8. The van der Waals surface area contributed by atoms with E-state index in [9.17, 15) is 17.6 Å². The highest BCUT2D eigenvalue weighted by atomic mass is 35.5. The van der Waals surface area contributed by atoms with Gasteiger partial charge in [-0.3, -0.25) is 4.79 Å². The smallest absolute Gasteiger partial charge is 0.223 e. The van der Waals surface area contributed by atoms with Gasteiger partial charge in [0.15, 0.2) is 9.84 Å². The van der Waals surface area contributed by atoms with E-state index in [1.807, 2.05) is 6.92 Å². The molecule has 1 amide bonds. The van der Waals surface area contributed by atoms with Crippen molar-refractivity contribution in [2.24, 2.45) is 0 Å². The van der Waals surface area contributed by atoms with Crippen molar-refractivity contribution in [3.8, 4) is 0 Å². The minimum absolute atomic E-state index is 0.0189. The largest absolute Gasteiger partial charge is 0.341 e. The fraction of sp³-hybridized carbons (Fsp3) is 0.278. The van der Waals surface area contributed by atoms with Crippen LogP contribution in [0.2, 0.25) is 5.02 Å². The highest BCUT2D eigenvalue weighted by Gasteiger charge is 2.19. The van der Waals surface area contributed by atoms with Gasteiger partial charge in [-0.1, -0.05) is 35.4 Å². The molecule has 134 valence electrons. The molecule has 2 aromatic carbocycles. The predicted octanol–water partition coefficient (Wildman–Crippen LogP) is 3.61. The minimum atomic E-state index is -3.54. The molecule has 0 atom stereocenters. The summed E-state index contributed by atoms with van der Waals surface area (Å²) in [5.74, 6) is -1.20. The molecule has 0 aliphatic carbocycles. The molecule has 0 aliphatic rings. The molecule has 0 bridgehead atoms. The van der Waals surface area contributed by atoms with Crippen LogP contribution in [0, 0.1) is 12.7 Å². The molecule has 0 N–H and O–H groups in total. The van der Waals surface area contributed by atoms with Gasteiger partial charge in [0.2, 0.25) is 5.91 Å². The number of nitrogens with zero attached hydrogens (tertiary/aromatic N) is 1. The lowest BCUT2D eigenvalue weighted by molar-refractivity contribution is -0.130. The second-order valence-electron chi connectivity index (χ2n) is 5.83. The van der Waals surface area contributed by atoms with Crippen LogP contribution in [-0.2, 0) is 21.2 Å². The highest BCUT2D eigenvalue weighted by Crippen LogP contribution is 2.21. The van der Waals surface area contributed by atoms with Crippen LogP contribution in [0.1, 0.15) is 17.5 Å². The summed E-state index contributed by atoms with van der Waals surface area (Å²) in [5.41, 5.74) is 1.16. The zero-order valence-electron chi connectivity index (χ0n) is 14.0. The SMILES string of the molecule is Cc1ccc(S(=O)(=O)CCC(=O)N(C)Cc2c(F)cccc2Cl)cc1. The predicted molar refractivity (Wildman–Crippen MR) is 95.7 cm³/mol. The van der Waals surface area contributed by atoms with Gasteiger partial charge in [0, 0.05) is 30.6 Å². The molecule has 0 saturated heterocycles. The van der Waals surface area contributed by atoms with E-state index in [4.69, 9.17) is 11.6 Å². The van der Waals surface area contributed by atoms with Crippen molar-refractivity contribution in [2.45, 2.75) is 24.8 Å². The number of hydrogen-bond acceptors (Lipinski definition) is 3. The summed E-state index contributed by atoms with van der Waals surface area (Å²) >= 11 is 5.95. The normalized spacial score (nSPS) is 11.4. The first-order chi connectivity index (χ1) is 11.7. The van der Waals surface area contributed by atoms with Gasteiger partial charge in [0.25, 0.3) is 0 Å². The van der Waals surface area contributed by atoms with E-state index < -0.39 is 21.6 Å². The molecule has 0 aliphatic heterocycles. The third-order valence-electron chi connectivity index (χ3n) is 3.85. The lowest BCUT2D eigenvalue weighted by atomic mass is 10.2.